The molecule has 3 heterocycles. The Hall–Kier alpha value is -3.79. The summed E-state index contributed by atoms with van der Waals surface area (Å²) in [6.07, 6.45) is 2.43. The van der Waals surface area contributed by atoms with Crippen molar-refractivity contribution in [2.24, 2.45) is 5.73 Å². The number of carbonyl (C=O) groups is 2. The molecule has 3 N–H and O–H groups in total. The molecule has 0 unspecified atom stereocenters. The minimum Gasteiger partial charge on any atom is -0.348 e. The van der Waals surface area contributed by atoms with Crippen LogP contribution in [0.15, 0.2) is 36.5 Å². The number of amides is 1. The predicted octanol–water partition coefficient (Wildman–Crippen LogP) is 1.16. The Morgan fingerprint density at radius 2 is 1.97 bits per heavy atom. The van der Waals surface area contributed by atoms with E-state index in [4.69, 9.17) is 5.73 Å². The van der Waals surface area contributed by atoms with Gasteiger partial charge in [-0.15, -0.1) is 0 Å². The first kappa shape index (κ1) is 20.9. The van der Waals surface area contributed by atoms with Gasteiger partial charge >= 0.3 is 0 Å². The summed E-state index contributed by atoms with van der Waals surface area (Å²) in [6, 6.07) is 8.73. The lowest BCUT2D eigenvalue weighted by molar-refractivity contribution is -0.106. The fourth-order valence-corrected chi connectivity index (χ4v) is 2.83. The van der Waals surface area contributed by atoms with Gasteiger partial charge in [0.25, 0.3) is 5.91 Å². The van der Waals surface area contributed by atoms with E-state index in [1.807, 2.05) is 6.07 Å². The van der Waals surface area contributed by atoms with Crippen LogP contribution in [0, 0.1) is 13.8 Å². The lowest BCUT2D eigenvalue weighted by atomic mass is 10.2. The number of aryl methyl sites for hydroxylation is 2. The van der Waals surface area contributed by atoms with Crippen LogP contribution in [0.4, 0.5) is 11.8 Å². The third-order valence-corrected chi connectivity index (χ3v) is 4.20. The Kier molecular flexibility index (Phi) is 6.71. The van der Waals surface area contributed by atoms with Gasteiger partial charge in [0.1, 0.15) is 23.6 Å². The summed E-state index contributed by atoms with van der Waals surface area (Å²) in [5.74, 6) is 1.13. The van der Waals surface area contributed by atoms with E-state index in [1.165, 1.54) is 0 Å². The average Bonchev–Trinajstić information content (AvgIpc) is 2.73. The van der Waals surface area contributed by atoms with Gasteiger partial charge < -0.3 is 15.4 Å². The van der Waals surface area contributed by atoms with Crippen molar-refractivity contribution >= 4 is 24.0 Å². The van der Waals surface area contributed by atoms with Crippen LogP contribution in [-0.2, 0) is 4.79 Å². The Labute approximate surface area is 173 Å². The van der Waals surface area contributed by atoms with Gasteiger partial charge in [-0.05, 0) is 38.1 Å². The summed E-state index contributed by atoms with van der Waals surface area (Å²) < 4.78 is 0. The molecule has 30 heavy (non-hydrogen) atoms. The molecule has 10 nitrogen and oxygen atoms in total. The van der Waals surface area contributed by atoms with E-state index in [9.17, 15) is 9.59 Å². The molecular formula is C20H22N8O2. The highest BCUT2D eigenvalue weighted by molar-refractivity contribution is 6.04. The number of nitrogens with two attached hydrogens (primary N) is 1. The van der Waals surface area contributed by atoms with Crippen LogP contribution in [0.5, 0.6) is 0 Å². The molecule has 0 radical (unpaired) electrons. The SMILES string of the molecule is Cc1nc(NC(=O)c2ccc(N(CC=O)CCN)nc2C)nc(-c2ccccn2)n1. The number of rotatable bonds is 8. The van der Waals surface area contributed by atoms with Gasteiger partial charge in [-0.2, -0.15) is 9.97 Å². The van der Waals surface area contributed by atoms with Crippen LogP contribution in [0.3, 0.4) is 0 Å². The maximum atomic E-state index is 12.8. The Morgan fingerprint density at radius 3 is 2.63 bits per heavy atom. The molecule has 0 aromatic carbocycles. The first-order valence-electron chi connectivity index (χ1n) is 9.33. The molecule has 3 aromatic heterocycles. The molecule has 0 bridgehead atoms. The molecule has 0 aliphatic rings. The van der Waals surface area contributed by atoms with Crippen molar-refractivity contribution < 1.29 is 9.59 Å². The standard InChI is InChI=1S/C20H22N8O2/c1-13-15(6-7-17(23-13)28(10-8-21)11-12-29)19(30)27-20-25-14(2)24-18(26-20)16-5-3-4-9-22-16/h3-7,9,12H,8,10-11,21H2,1-2H3,(H,24,25,26,27,30). The second-order valence-electron chi connectivity index (χ2n) is 6.40. The van der Waals surface area contributed by atoms with E-state index in [0.717, 1.165) is 6.29 Å². The van der Waals surface area contributed by atoms with E-state index in [1.54, 1.807) is 49.2 Å². The number of hydrogen-bond donors (Lipinski definition) is 2. The normalized spacial score (nSPS) is 10.5. The van der Waals surface area contributed by atoms with Gasteiger partial charge in [0.2, 0.25) is 5.95 Å². The Morgan fingerprint density at radius 1 is 1.13 bits per heavy atom. The van der Waals surface area contributed by atoms with E-state index in [0.29, 0.717) is 47.5 Å². The van der Waals surface area contributed by atoms with Crippen LogP contribution in [0.2, 0.25) is 0 Å². The lowest BCUT2D eigenvalue weighted by Gasteiger charge is -2.21. The molecule has 0 atom stereocenters. The van der Waals surface area contributed by atoms with Crippen LogP contribution >= 0.6 is 0 Å². The van der Waals surface area contributed by atoms with E-state index in [-0.39, 0.29) is 12.5 Å². The number of nitrogens with one attached hydrogen (secondary N) is 1. The van der Waals surface area contributed by atoms with Crippen LogP contribution in [0.1, 0.15) is 21.9 Å². The molecule has 0 saturated heterocycles. The van der Waals surface area contributed by atoms with Crippen molar-refractivity contribution in [1.82, 2.24) is 24.9 Å². The second kappa shape index (κ2) is 9.61. The van der Waals surface area contributed by atoms with Gasteiger partial charge in [-0.3, -0.25) is 15.1 Å². The zero-order valence-electron chi connectivity index (χ0n) is 16.7. The van der Waals surface area contributed by atoms with Crippen molar-refractivity contribution in [1.29, 1.82) is 0 Å². The third-order valence-electron chi connectivity index (χ3n) is 4.20. The number of carbonyl (C=O) groups excluding carboxylic acids is 2. The lowest BCUT2D eigenvalue weighted by Crippen LogP contribution is -2.32. The predicted molar refractivity (Wildman–Crippen MR) is 112 cm³/mol. The summed E-state index contributed by atoms with van der Waals surface area (Å²) in [4.78, 5) is 46.8. The van der Waals surface area contributed by atoms with E-state index in [2.05, 4.69) is 30.2 Å². The highest BCUT2D eigenvalue weighted by Crippen LogP contribution is 2.17. The number of aromatic nitrogens is 5. The second-order valence-corrected chi connectivity index (χ2v) is 6.40. The molecule has 3 rings (SSSR count). The largest absolute Gasteiger partial charge is 0.348 e. The molecule has 10 heteroatoms. The number of aldehydes is 1. The molecule has 0 aliphatic heterocycles. The minimum atomic E-state index is -0.398. The van der Waals surface area contributed by atoms with Crippen LogP contribution in [-0.4, -0.2) is 56.7 Å². The van der Waals surface area contributed by atoms with Crippen molar-refractivity contribution in [3.63, 3.8) is 0 Å². The summed E-state index contributed by atoms with van der Waals surface area (Å²) in [5.41, 5.74) is 7.05. The van der Waals surface area contributed by atoms with Crippen molar-refractivity contribution in [3.05, 3.63) is 53.6 Å². The zero-order chi connectivity index (χ0) is 21.5. The highest BCUT2D eigenvalue weighted by Gasteiger charge is 2.16. The number of anilines is 2. The number of nitrogens with zero attached hydrogens (tertiary/aromatic N) is 6. The van der Waals surface area contributed by atoms with E-state index < -0.39 is 5.91 Å². The third kappa shape index (κ3) is 4.97. The first-order valence-corrected chi connectivity index (χ1v) is 9.33. The van der Waals surface area contributed by atoms with Gasteiger partial charge in [-0.1, -0.05) is 6.07 Å². The Balaban J connectivity index is 1.82. The maximum absolute atomic E-state index is 12.8. The fraction of sp³-hybridized carbons (Fsp3) is 0.250. The molecule has 0 fully saturated rings. The summed E-state index contributed by atoms with van der Waals surface area (Å²) in [6.45, 7) is 4.48. The minimum absolute atomic E-state index is 0.127. The van der Waals surface area contributed by atoms with E-state index >= 15 is 0 Å². The Bertz CT molecular complexity index is 1040. The summed E-state index contributed by atoms with van der Waals surface area (Å²) in [7, 11) is 0. The van der Waals surface area contributed by atoms with Crippen molar-refractivity contribution in [3.8, 4) is 11.5 Å². The summed E-state index contributed by atoms with van der Waals surface area (Å²) >= 11 is 0. The fourth-order valence-electron chi connectivity index (χ4n) is 2.83. The number of hydrogen-bond acceptors (Lipinski definition) is 9. The van der Waals surface area contributed by atoms with Gasteiger partial charge in [0.15, 0.2) is 5.82 Å². The van der Waals surface area contributed by atoms with Crippen LogP contribution < -0.4 is 16.0 Å². The average molecular weight is 406 g/mol. The van der Waals surface area contributed by atoms with Gasteiger partial charge in [0, 0.05) is 19.3 Å². The van der Waals surface area contributed by atoms with Crippen molar-refractivity contribution in [2.45, 2.75) is 13.8 Å². The maximum Gasteiger partial charge on any atom is 0.259 e. The zero-order valence-corrected chi connectivity index (χ0v) is 16.7. The molecule has 1 amide bonds. The molecule has 154 valence electrons. The quantitative estimate of drug-likeness (QED) is 0.527. The monoisotopic (exact) mass is 406 g/mol. The molecule has 0 spiro atoms. The van der Waals surface area contributed by atoms with Crippen molar-refractivity contribution in [2.75, 3.05) is 29.9 Å². The molecule has 0 saturated carbocycles. The molecule has 0 aliphatic carbocycles. The first-order chi connectivity index (χ1) is 14.5. The molecular weight excluding hydrogens is 384 g/mol. The number of pyridine rings is 2. The molecule has 3 aromatic rings. The smallest absolute Gasteiger partial charge is 0.259 e. The summed E-state index contributed by atoms with van der Waals surface area (Å²) in [5, 5.41) is 2.69. The van der Waals surface area contributed by atoms with Crippen LogP contribution in [0.25, 0.3) is 11.5 Å². The topological polar surface area (TPSA) is 140 Å². The van der Waals surface area contributed by atoms with Gasteiger partial charge in [0.05, 0.1) is 17.8 Å². The van der Waals surface area contributed by atoms with Gasteiger partial charge in [-0.25, -0.2) is 9.97 Å². The highest BCUT2D eigenvalue weighted by atomic mass is 16.1.